The molecule has 1 atom stereocenters. The van der Waals surface area contributed by atoms with Gasteiger partial charge in [0.15, 0.2) is 17.5 Å². The van der Waals surface area contributed by atoms with Crippen molar-refractivity contribution in [1.29, 1.82) is 0 Å². The molecule has 2 aromatic rings. The van der Waals surface area contributed by atoms with Gasteiger partial charge in [-0.2, -0.15) is 0 Å². The molecule has 0 aromatic heterocycles. The molecule has 0 aliphatic heterocycles. The number of benzene rings is 2. The number of halogens is 4. The molecule has 0 heterocycles. The van der Waals surface area contributed by atoms with Crippen LogP contribution in [0.15, 0.2) is 28.7 Å². The van der Waals surface area contributed by atoms with Crippen molar-refractivity contribution >= 4 is 15.9 Å². The molecular weight excluding hydrogens is 343 g/mol. The van der Waals surface area contributed by atoms with Crippen LogP contribution in [0.3, 0.4) is 0 Å². The molecular formula is C16H15BrF3N. The monoisotopic (exact) mass is 357 g/mol. The highest BCUT2D eigenvalue weighted by atomic mass is 79.9. The van der Waals surface area contributed by atoms with E-state index in [-0.39, 0.29) is 0 Å². The van der Waals surface area contributed by atoms with E-state index in [4.69, 9.17) is 0 Å². The number of rotatable bonds is 3. The molecule has 1 unspecified atom stereocenters. The Morgan fingerprint density at radius 3 is 2.05 bits per heavy atom. The van der Waals surface area contributed by atoms with Gasteiger partial charge in [-0.25, -0.2) is 13.2 Å². The topological polar surface area (TPSA) is 12.0 Å². The van der Waals surface area contributed by atoms with E-state index in [1.807, 2.05) is 26.0 Å². The van der Waals surface area contributed by atoms with E-state index in [0.717, 1.165) is 33.3 Å². The highest BCUT2D eigenvalue weighted by Gasteiger charge is 2.19. The smallest absolute Gasteiger partial charge is 0.194 e. The van der Waals surface area contributed by atoms with Gasteiger partial charge in [-0.05, 0) is 61.3 Å². The molecule has 1 N–H and O–H groups in total. The third-order valence-corrected chi connectivity index (χ3v) is 4.34. The fourth-order valence-corrected chi connectivity index (χ4v) is 2.82. The van der Waals surface area contributed by atoms with Gasteiger partial charge in [0, 0.05) is 4.47 Å². The van der Waals surface area contributed by atoms with Crippen LogP contribution in [0.1, 0.15) is 28.3 Å². The highest BCUT2D eigenvalue weighted by molar-refractivity contribution is 9.10. The molecule has 0 fully saturated rings. The summed E-state index contributed by atoms with van der Waals surface area (Å²) in [5, 5.41) is 3.02. The van der Waals surface area contributed by atoms with Gasteiger partial charge in [0.1, 0.15) is 0 Å². The van der Waals surface area contributed by atoms with Crippen molar-refractivity contribution in [2.45, 2.75) is 19.9 Å². The van der Waals surface area contributed by atoms with Crippen LogP contribution in [0, 0.1) is 31.3 Å². The minimum Gasteiger partial charge on any atom is -0.309 e. The summed E-state index contributed by atoms with van der Waals surface area (Å²) in [4.78, 5) is 0. The van der Waals surface area contributed by atoms with E-state index in [1.165, 1.54) is 0 Å². The molecule has 2 rings (SSSR count). The SMILES string of the molecule is CNC(c1cc(F)c(F)c(F)c1)c1cc(C)c(Br)cc1C. The molecule has 2 aromatic carbocycles. The van der Waals surface area contributed by atoms with Crippen molar-refractivity contribution in [3.8, 4) is 0 Å². The zero-order valence-electron chi connectivity index (χ0n) is 11.9. The van der Waals surface area contributed by atoms with Crippen molar-refractivity contribution in [3.05, 3.63) is 68.4 Å². The van der Waals surface area contributed by atoms with Crippen LogP contribution >= 0.6 is 15.9 Å². The second-order valence-electron chi connectivity index (χ2n) is 4.98. The van der Waals surface area contributed by atoms with Gasteiger partial charge >= 0.3 is 0 Å². The van der Waals surface area contributed by atoms with Gasteiger partial charge < -0.3 is 5.32 Å². The van der Waals surface area contributed by atoms with E-state index in [9.17, 15) is 13.2 Å². The van der Waals surface area contributed by atoms with E-state index >= 15 is 0 Å². The Morgan fingerprint density at radius 2 is 1.52 bits per heavy atom. The molecule has 1 nitrogen and oxygen atoms in total. The van der Waals surface area contributed by atoms with Gasteiger partial charge in [-0.3, -0.25) is 0 Å². The molecule has 0 radical (unpaired) electrons. The average molecular weight is 358 g/mol. The van der Waals surface area contributed by atoms with Gasteiger partial charge in [0.05, 0.1) is 6.04 Å². The van der Waals surface area contributed by atoms with E-state index in [1.54, 1.807) is 7.05 Å². The summed E-state index contributed by atoms with van der Waals surface area (Å²) in [5.41, 5.74) is 3.22. The summed E-state index contributed by atoms with van der Waals surface area (Å²) in [6.07, 6.45) is 0. The van der Waals surface area contributed by atoms with Crippen molar-refractivity contribution in [2.24, 2.45) is 0 Å². The highest BCUT2D eigenvalue weighted by Crippen LogP contribution is 2.30. The summed E-state index contributed by atoms with van der Waals surface area (Å²) < 4.78 is 41.0. The number of hydrogen-bond donors (Lipinski definition) is 1. The Bertz CT molecular complexity index is 662. The molecule has 5 heteroatoms. The van der Waals surface area contributed by atoms with E-state index < -0.39 is 23.5 Å². The second-order valence-corrected chi connectivity index (χ2v) is 5.83. The quantitative estimate of drug-likeness (QED) is 0.778. The first-order valence-corrected chi connectivity index (χ1v) is 7.22. The van der Waals surface area contributed by atoms with Crippen LogP contribution < -0.4 is 5.32 Å². The van der Waals surface area contributed by atoms with Crippen LogP contribution in [0.5, 0.6) is 0 Å². The first-order valence-electron chi connectivity index (χ1n) is 6.43. The number of aryl methyl sites for hydroxylation is 2. The Balaban J connectivity index is 2.57. The summed E-state index contributed by atoms with van der Waals surface area (Å²) in [5.74, 6) is -3.81. The lowest BCUT2D eigenvalue weighted by atomic mass is 9.93. The molecule has 21 heavy (non-hydrogen) atoms. The first-order chi connectivity index (χ1) is 9.85. The molecule has 112 valence electrons. The van der Waals surface area contributed by atoms with E-state index in [2.05, 4.69) is 21.2 Å². The lowest BCUT2D eigenvalue weighted by Gasteiger charge is -2.21. The fourth-order valence-electron chi connectivity index (χ4n) is 2.36. The Hall–Kier alpha value is -1.33. The van der Waals surface area contributed by atoms with Crippen LogP contribution in [-0.4, -0.2) is 7.05 Å². The van der Waals surface area contributed by atoms with Crippen molar-refractivity contribution in [2.75, 3.05) is 7.05 Å². The Labute approximate surface area is 130 Å². The molecule has 0 bridgehead atoms. The maximum atomic E-state index is 13.4. The molecule has 0 saturated heterocycles. The summed E-state index contributed by atoms with van der Waals surface area (Å²) in [7, 11) is 1.70. The number of hydrogen-bond acceptors (Lipinski definition) is 1. The van der Waals surface area contributed by atoms with Crippen LogP contribution in [0.4, 0.5) is 13.2 Å². The summed E-state index contributed by atoms with van der Waals surface area (Å²) >= 11 is 3.45. The minimum atomic E-state index is -1.45. The van der Waals surface area contributed by atoms with Crippen molar-refractivity contribution < 1.29 is 13.2 Å². The minimum absolute atomic E-state index is 0.346. The lowest BCUT2D eigenvalue weighted by Crippen LogP contribution is -2.19. The Morgan fingerprint density at radius 1 is 0.952 bits per heavy atom. The molecule has 0 saturated carbocycles. The standard InChI is InChI=1S/C16H15BrF3N/c1-8-5-12(17)9(2)4-11(8)16(21-3)10-6-13(18)15(20)14(19)7-10/h4-7,16,21H,1-3H3. The summed E-state index contributed by atoms with van der Waals surface area (Å²) in [6.45, 7) is 3.85. The lowest BCUT2D eigenvalue weighted by molar-refractivity contribution is 0.443. The molecule has 0 amide bonds. The second kappa shape index (κ2) is 6.20. The van der Waals surface area contributed by atoms with E-state index in [0.29, 0.717) is 5.56 Å². The number of nitrogens with one attached hydrogen (secondary N) is 1. The first kappa shape index (κ1) is 16.0. The average Bonchev–Trinajstić information content (AvgIpc) is 2.42. The van der Waals surface area contributed by atoms with Gasteiger partial charge in [0.2, 0.25) is 0 Å². The predicted molar refractivity (Wildman–Crippen MR) is 80.8 cm³/mol. The maximum absolute atomic E-state index is 13.4. The largest absolute Gasteiger partial charge is 0.309 e. The maximum Gasteiger partial charge on any atom is 0.194 e. The van der Waals surface area contributed by atoms with Crippen LogP contribution in [-0.2, 0) is 0 Å². The van der Waals surface area contributed by atoms with Gasteiger partial charge in [0.25, 0.3) is 0 Å². The third-order valence-electron chi connectivity index (χ3n) is 3.49. The Kier molecular flexibility index (Phi) is 4.74. The molecule has 0 aliphatic carbocycles. The van der Waals surface area contributed by atoms with Gasteiger partial charge in [-0.1, -0.05) is 22.0 Å². The summed E-state index contributed by atoms with van der Waals surface area (Å²) in [6, 6.07) is 5.53. The van der Waals surface area contributed by atoms with Crippen LogP contribution in [0.2, 0.25) is 0 Å². The fraction of sp³-hybridized carbons (Fsp3) is 0.250. The zero-order chi connectivity index (χ0) is 15.7. The third kappa shape index (κ3) is 3.14. The van der Waals surface area contributed by atoms with Crippen molar-refractivity contribution in [1.82, 2.24) is 5.32 Å². The zero-order valence-corrected chi connectivity index (χ0v) is 13.5. The van der Waals surface area contributed by atoms with Crippen molar-refractivity contribution in [3.63, 3.8) is 0 Å². The normalized spacial score (nSPS) is 12.5. The molecule has 0 aliphatic rings. The molecule has 0 spiro atoms. The van der Waals surface area contributed by atoms with Crippen LogP contribution in [0.25, 0.3) is 0 Å². The van der Waals surface area contributed by atoms with Gasteiger partial charge in [-0.15, -0.1) is 0 Å². The predicted octanol–water partition coefficient (Wildman–Crippen LogP) is 4.79.